The van der Waals surface area contributed by atoms with Crippen molar-refractivity contribution in [1.82, 2.24) is 9.80 Å². The summed E-state index contributed by atoms with van der Waals surface area (Å²) < 4.78 is 50.6. The van der Waals surface area contributed by atoms with Crippen molar-refractivity contribution in [3.05, 3.63) is 54.1 Å². The molecule has 0 bridgehead atoms. The van der Waals surface area contributed by atoms with Crippen molar-refractivity contribution < 1.29 is 42.1 Å². The molecule has 0 aromatic heterocycles. The van der Waals surface area contributed by atoms with Crippen LogP contribution in [0.25, 0.3) is 0 Å². The topological polar surface area (TPSA) is 120 Å². The van der Waals surface area contributed by atoms with Gasteiger partial charge in [-0.25, -0.2) is 4.79 Å². The van der Waals surface area contributed by atoms with Gasteiger partial charge >= 0.3 is 12.2 Å². The van der Waals surface area contributed by atoms with Gasteiger partial charge in [0, 0.05) is 50.5 Å². The third-order valence-electron chi connectivity index (χ3n) is 7.84. The van der Waals surface area contributed by atoms with Gasteiger partial charge in [-0.2, -0.15) is 13.2 Å². The van der Waals surface area contributed by atoms with Crippen molar-refractivity contribution in [2.75, 3.05) is 44.0 Å². The third kappa shape index (κ3) is 11.5. The van der Waals surface area contributed by atoms with Gasteiger partial charge in [0.1, 0.15) is 5.75 Å². The molecule has 0 spiro atoms. The Morgan fingerprint density at radius 3 is 2.46 bits per heavy atom. The first kappa shape index (κ1) is 36.6. The number of carbonyl (C=O) groups excluding carboxylic acids is 3. The van der Waals surface area contributed by atoms with Gasteiger partial charge in [0.05, 0.1) is 36.8 Å². The van der Waals surface area contributed by atoms with Crippen LogP contribution in [0.3, 0.4) is 0 Å². The average Bonchev–Trinajstić information content (AvgIpc) is 3.01. The van der Waals surface area contributed by atoms with E-state index in [0.29, 0.717) is 36.6 Å². The van der Waals surface area contributed by atoms with Crippen LogP contribution in [-0.4, -0.2) is 90.5 Å². The number of likely N-dealkylation sites (N-methyl/N-ethyl adjacent to an activating group) is 1. The average molecular weight is 651 g/mol. The molecule has 1 aliphatic heterocycles. The number of fused-ring (bicyclic) bond motifs is 1. The number of urea groups is 1. The summed E-state index contributed by atoms with van der Waals surface area (Å²) >= 11 is 0. The van der Waals surface area contributed by atoms with Gasteiger partial charge in [0.25, 0.3) is 5.91 Å². The molecule has 3 N–H and O–H groups in total. The van der Waals surface area contributed by atoms with E-state index in [4.69, 9.17) is 9.47 Å². The molecule has 2 aromatic carbocycles. The van der Waals surface area contributed by atoms with Crippen LogP contribution in [0, 0.1) is 5.92 Å². The van der Waals surface area contributed by atoms with E-state index in [1.165, 1.54) is 22.9 Å². The molecule has 1 heterocycles. The molecule has 1 aliphatic rings. The Kier molecular flexibility index (Phi) is 13.7. The van der Waals surface area contributed by atoms with Crippen LogP contribution < -0.4 is 15.4 Å². The zero-order chi connectivity index (χ0) is 33.9. The van der Waals surface area contributed by atoms with Crippen molar-refractivity contribution in [2.24, 2.45) is 5.92 Å². The van der Waals surface area contributed by atoms with Crippen LogP contribution in [0.15, 0.2) is 48.5 Å². The molecule has 0 radical (unpaired) electrons. The van der Waals surface area contributed by atoms with Gasteiger partial charge in [-0.05, 0) is 63.4 Å². The second-order valence-corrected chi connectivity index (χ2v) is 11.8. The number of nitrogens with one attached hydrogen (secondary N) is 2. The maximum absolute atomic E-state index is 14.2. The van der Waals surface area contributed by atoms with E-state index < -0.39 is 49.0 Å². The lowest BCUT2D eigenvalue weighted by molar-refractivity contribution is -0.149. The standard InChI is InChI=1S/C33H45F3N4O6/c1-22-19-40(23(2)21-41)31(43)27-18-26(38-32(44)37-25-11-6-5-7-12-25)13-14-28(27)46-24(3)10-8-9-17-45-29(22)20-39(4)30(42)15-16-33(34,35)36/h5-7,11-14,18,22-24,29,41H,8-10,15-17,19-21H2,1-4H3,(H2,37,38,44)/t22-,23+,24-,29-/m0/s1. The molecule has 254 valence electrons. The van der Waals surface area contributed by atoms with Gasteiger partial charge in [0.2, 0.25) is 5.91 Å². The monoisotopic (exact) mass is 650 g/mol. The molecule has 4 amide bonds. The van der Waals surface area contributed by atoms with E-state index in [1.807, 2.05) is 19.9 Å². The summed E-state index contributed by atoms with van der Waals surface area (Å²) in [7, 11) is 1.44. The Bertz CT molecular complexity index is 1300. The molecule has 0 aliphatic carbocycles. The quantitative estimate of drug-likeness (QED) is 0.326. The van der Waals surface area contributed by atoms with Gasteiger partial charge < -0.3 is 35.0 Å². The van der Waals surface area contributed by atoms with Crippen molar-refractivity contribution in [3.8, 4) is 5.75 Å². The van der Waals surface area contributed by atoms with Crippen LogP contribution in [0.5, 0.6) is 5.75 Å². The number of aliphatic hydroxyl groups is 1. The Balaban J connectivity index is 1.89. The van der Waals surface area contributed by atoms with Gasteiger partial charge in [0.15, 0.2) is 0 Å². The summed E-state index contributed by atoms with van der Waals surface area (Å²) in [6.07, 6.45) is -5.08. The van der Waals surface area contributed by atoms with Crippen LogP contribution >= 0.6 is 0 Å². The van der Waals surface area contributed by atoms with Crippen molar-refractivity contribution in [1.29, 1.82) is 0 Å². The summed E-state index contributed by atoms with van der Waals surface area (Å²) in [6.45, 7) is 5.57. The number of halogens is 3. The van der Waals surface area contributed by atoms with Gasteiger partial charge in [-0.3, -0.25) is 9.59 Å². The van der Waals surface area contributed by atoms with Crippen LogP contribution in [0.1, 0.15) is 63.2 Å². The molecular weight excluding hydrogens is 605 g/mol. The van der Waals surface area contributed by atoms with Crippen molar-refractivity contribution in [2.45, 2.75) is 77.3 Å². The van der Waals surface area contributed by atoms with E-state index in [9.17, 15) is 32.7 Å². The van der Waals surface area contributed by atoms with Crippen LogP contribution in [-0.2, 0) is 9.53 Å². The Hall–Kier alpha value is -3.84. The highest BCUT2D eigenvalue weighted by atomic mass is 19.4. The number of anilines is 2. The maximum Gasteiger partial charge on any atom is 0.389 e. The van der Waals surface area contributed by atoms with Crippen molar-refractivity contribution >= 4 is 29.2 Å². The van der Waals surface area contributed by atoms with Gasteiger partial charge in [-0.15, -0.1) is 0 Å². The maximum atomic E-state index is 14.2. The zero-order valence-electron chi connectivity index (χ0n) is 26.8. The zero-order valence-corrected chi connectivity index (χ0v) is 26.8. The number of aliphatic hydroxyl groups excluding tert-OH is 1. The Morgan fingerprint density at radius 2 is 1.78 bits per heavy atom. The number of ether oxygens (including phenoxy) is 2. The highest BCUT2D eigenvalue weighted by molar-refractivity contribution is 6.02. The molecular formula is C33H45F3N4O6. The molecule has 0 saturated carbocycles. The minimum Gasteiger partial charge on any atom is -0.490 e. The minimum atomic E-state index is -4.44. The Morgan fingerprint density at radius 1 is 1.09 bits per heavy atom. The molecule has 0 fully saturated rings. The summed E-state index contributed by atoms with van der Waals surface area (Å²) in [6, 6.07) is 12.6. The summed E-state index contributed by atoms with van der Waals surface area (Å²) in [5.74, 6) is -1.15. The molecule has 4 atom stereocenters. The number of alkyl halides is 3. The highest BCUT2D eigenvalue weighted by Crippen LogP contribution is 2.29. The third-order valence-corrected chi connectivity index (χ3v) is 7.84. The lowest BCUT2D eigenvalue weighted by Crippen LogP contribution is -2.48. The molecule has 3 rings (SSSR count). The highest BCUT2D eigenvalue weighted by Gasteiger charge is 2.32. The minimum absolute atomic E-state index is 0.0358. The number of rotatable bonds is 8. The number of benzene rings is 2. The molecule has 2 aromatic rings. The van der Waals surface area contributed by atoms with Crippen molar-refractivity contribution in [3.63, 3.8) is 0 Å². The first-order valence-electron chi connectivity index (χ1n) is 15.5. The fraction of sp³-hybridized carbons (Fsp3) is 0.545. The largest absolute Gasteiger partial charge is 0.490 e. The second kappa shape index (κ2) is 17.2. The fourth-order valence-corrected chi connectivity index (χ4v) is 5.09. The molecule has 0 saturated heterocycles. The molecule has 46 heavy (non-hydrogen) atoms. The fourth-order valence-electron chi connectivity index (χ4n) is 5.09. The lowest BCUT2D eigenvalue weighted by atomic mass is 10.0. The predicted molar refractivity (Wildman–Crippen MR) is 169 cm³/mol. The Labute approximate surface area is 268 Å². The summed E-state index contributed by atoms with van der Waals surface area (Å²) in [5.41, 5.74) is 1.13. The van der Waals surface area contributed by atoms with Crippen LogP contribution in [0.4, 0.5) is 29.3 Å². The normalized spacial score (nSPS) is 20.5. The summed E-state index contributed by atoms with van der Waals surface area (Å²) in [4.78, 5) is 42.1. The molecule has 10 nitrogen and oxygen atoms in total. The van der Waals surface area contributed by atoms with Gasteiger partial charge in [-0.1, -0.05) is 25.1 Å². The first-order valence-corrected chi connectivity index (χ1v) is 15.5. The number of hydrogen-bond acceptors (Lipinski definition) is 6. The number of carbonyl (C=O) groups is 3. The van der Waals surface area contributed by atoms with E-state index in [1.54, 1.807) is 43.3 Å². The van der Waals surface area contributed by atoms with E-state index in [2.05, 4.69) is 10.6 Å². The molecule has 0 unspecified atom stereocenters. The number of para-hydroxylation sites is 1. The number of amides is 4. The van der Waals surface area contributed by atoms with E-state index in [0.717, 1.165) is 6.42 Å². The summed E-state index contributed by atoms with van der Waals surface area (Å²) in [5, 5.41) is 15.6. The van der Waals surface area contributed by atoms with E-state index >= 15 is 0 Å². The first-order chi connectivity index (χ1) is 21.8. The predicted octanol–water partition coefficient (Wildman–Crippen LogP) is 5.93. The van der Waals surface area contributed by atoms with E-state index in [-0.39, 0.29) is 37.3 Å². The smallest absolute Gasteiger partial charge is 0.389 e. The number of nitrogens with zero attached hydrogens (tertiary/aromatic N) is 2. The SMILES string of the molecule is C[C@H](CO)N1C[C@H](C)[C@H](CN(C)C(=O)CCC(F)(F)F)OCCCC[C@H](C)Oc2ccc(NC(=O)Nc3ccccc3)cc2C1=O. The number of hydrogen-bond donors (Lipinski definition) is 3. The molecule has 13 heteroatoms. The van der Waals surface area contributed by atoms with Crippen LogP contribution in [0.2, 0.25) is 0 Å². The lowest BCUT2D eigenvalue weighted by Gasteiger charge is -2.36. The second-order valence-electron chi connectivity index (χ2n) is 11.8.